The van der Waals surface area contributed by atoms with E-state index < -0.39 is 23.9 Å². The Morgan fingerprint density at radius 1 is 1.16 bits per heavy atom. The Kier molecular flexibility index (Phi) is 5.19. The van der Waals surface area contributed by atoms with Gasteiger partial charge < -0.3 is 19.9 Å². The lowest BCUT2D eigenvalue weighted by atomic mass is 9.50. The van der Waals surface area contributed by atoms with Gasteiger partial charge in [0.25, 0.3) is 5.91 Å². The summed E-state index contributed by atoms with van der Waals surface area (Å²) in [6.07, 6.45) is 7.85. The number of amides is 1. The molecule has 5 aliphatic rings. The Labute approximate surface area is 181 Å². The first-order valence-corrected chi connectivity index (χ1v) is 11.4. The van der Waals surface area contributed by atoms with Crippen molar-refractivity contribution >= 4 is 11.9 Å². The van der Waals surface area contributed by atoms with Gasteiger partial charge in [0.1, 0.15) is 11.6 Å². The standard InChI is InChI=1S/C24H30FNO5/c1-30-23(29)22(28)26-21(27)18-7-17(16-2-3-16)20(8-19(18)25)31-12-24-9-13-4-14(10-24)6-15(5-13)11-24/h7-8,13-16,22,28H,2-6,9-12H2,1H3,(H,26,27)/t13?,14?,15?,22-,24?/m0/s1. The van der Waals surface area contributed by atoms with Crippen LogP contribution in [0.2, 0.25) is 0 Å². The van der Waals surface area contributed by atoms with Gasteiger partial charge >= 0.3 is 5.97 Å². The highest BCUT2D eigenvalue weighted by atomic mass is 19.1. The summed E-state index contributed by atoms with van der Waals surface area (Å²) >= 11 is 0. The Bertz CT molecular complexity index is 861. The third-order valence-corrected chi connectivity index (χ3v) is 7.75. The topological polar surface area (TPSA) is 84.9 Å². The van der Waals surface area contributed by atoms with Crippen molar-refractivity contribution in [1.82, 2.24) is 5.32 Å². The predicted molar refractivity (Wildman–Crippen MR) is 110 cm³/mol. The summed E-state index contributed by atoms with van der Waals surface area (Å²) in [5.41, 5.74) is 0.850. The van der Waals surface area contributed by atoms with E-state index in [9.17, 15) is 19.1 Å². The van der Waals surface area contributed by atoms with E-state index in [0.717, 1.165) is 43.3 Å². The summed E-state index contributed by atoms with van der Waals surface area (Å²) in [5.74, 6) is 0.659. The molecule has 0 radical (unpaired) electrons. The summed E-state index contributed by atoms with van der Waals surface area (Å²) in [4.78, 5) is 23.8. The molecule has 1 amide bonds. The molecule has 6 rings (SSSR count). The second kappa shape index (κ2) is 7.76. The number of hydrogen-bond donors (Lipinski definition) is 2. The Hall–Kier alpha value is -2.15. The van der Waals surface area contributed by atoms with E-state index in [1.54, 1.807) is 0 Å². The van der Waals surface area contributed by atoms with Gasteiger partial charge in [0.05, 0.1) is 19.3 Å². The minimum atomic E-state index is -1.84. The van der Waals surface area contributed by atoms with Crippen molar-refractivity contribution in [1.29, 1.82) is 0 Å². The molecular weight excluding hydrogens is 401 g/mol. The largest absolute Gasteiger partial charge is 0.493 e. The van der Waals surface area contributed by atoms with Crippen molar-refractivity contribution in [3.8, 4) is 5.75 Å². The van der Waals surface area contributed by atoms with Crippen molar-refractivity contribution in [2.45, 2.75) is 63.5 Å². The Morgan fingerprint density at radius 3 is 2.32 bits per heavy atom. The summed E-state index contributed by atoms with van der Waals surface area (Å²) in [7, 11) is 1.10. The number of halogens is 1. The zero-order chi connectivity index (χ0) is 21.8. The summed E-state index contributed by atoms with van der Waals surface area (Å²) < 4.78 is 25.5. The lowest BCUT2D eigenvalue weighted by Crippen LogP contribution is -2.48. The molecule has 0 spiro atoms. The average Bonchev–Trinajstić information content (AvgIpc) is 3.55. The van der Waals surface area contributed by atoms with Crippen LogP contribution in [0.5, 0.6) is 5.75 Å². The number of benzene rings is 1. The normalized spacial score (nSPS) is 31.9. The van der Waals surface area contributed by atoms with Crippen LogP contribution >= 0.6 is 0 Å². The molecule has 5 fully saturated rings. The molecule has 7 heteroatoms. The van der Waals surface area contributed by atoms with Crippen molar-refractivity contribution < 1.29 is 28.6 Å². The van der Waals surface area contributed by atoms with Crippen LogP contribution in [0.4, 0.5) is 4.39 Å². The van der Waals surface area contributed by atoms with Crippen LogP contribution in [0, 0.1) is 29.0 Å². The highest BCUT2D eigenvalue weighted by Gasteiger charge is 2.51. The number of carbonyl (C=O) groups is 2. The number of hydrogen-bond acceptors (Lipinski definition) is 5. The zero-order valence-electron chi connectivity index (χ0n) is 17.9. The molecule has 2 N–H and O–H groups in total. The Balaban J connectivity index is 1.33. The molecular formula is C24H30FNO5. The summed E-state index contributed by atoms with van der Waals surface area (Å²) in [6.45, 7) is 0.613. The van der Waals surface area contributed by atoms with Crippen molar-refractivity contribution in [2.75, 3.05) is 13.7 Å². The molecule has 5 aliphatic carbocycles. The van der Waals surface area contributed by atoms with E-state index in [-0.39, 0.29) is 16.9 Å². The van der Waals surface area contributed by atoms with Crippen molar-refractivity contribution in [3.63, 3.8) is 0 Å². The summed E-state index contributed by atoms with van der Waals surface area (Å²) in [5, 5.41) is 11.7. The molecule has 0 saturated heterocycles. The maximum atomic E-state index is 14.8. The fourth-order valence-corrected chi connectivity index (χ4v) is 6.65. The first kappa shape index (κ1) is 20.7. The minimum absolute atomic E-state index is 0.202. The van der Waals surface area contributed by atoms with Crippen molar-refractivity contribution in [3.05, 3.63) is 29.1 Å². The van der Waals surface area contributed by atoms with Gasteiger partial charge in [0, 0.05) is 11.5 Å². The van der Waals surface area contributed by atoms with Gasteiger partial charge in [-0.15, -0.1) is 0 Å². The third-order valence-electron chi connectivity index (χ3n) is 7.75. The van der Waals surface area contributed by atoms with Gasteiger partial charge in [-0.25, -0.2) is 9.18 Å². The smallest absolute Gasteiger partial charge is 0.356 e. The van der Waals surface area contributed by atoms with Gasteiger partial charge in [-0.3, -0.25) is 4.79 Å². The molecule has 0 heterocycles. The van der Waals surface area contributed by atoms with E-state index in [1.165, 1.54) is 50.7 Å². The lowest BCUT2D eigenvalue weighted by Gasteiger charge is -2.56. The molecule has 168 valence electrons. The monoisotopic (exact) mass is 431 g/mol. The average molecular weight is 432 g/mol. The van der Waals surface area contributed by atoms with E-state index in [4.69, 9.17) is 4.74 Å². The molecule has 5 saturated carbocycles. The van der Waals surface area contributed by atoms with Crippen LogP contribution < -0.4 is 10.1 Å². The number of rotatable bonds is 7. The Morgan fingerprint density at radius 2 is 1.77 bits per heavy atom. The first-order valence-electron chi connectivity index (χ1n) is 11.4. The second-order valence-electron chi connectivity index (χ2n) is 10.2. The fourth-order valence-electron chi connectivity index (χ4n) is 6.65. The molecule has 0 aromatic heterocycles. The number of methoxy groups -OCH3 is 1. The van der Waals surface area contributed by atoms with E-state index in [0.29, 0.717) is 12.4 Å². The second-order valence-corrected chi connectivity index (χ2v) is 10.2. The number of carbonyl (C=O) groups excluding carboxylic acids is 2. The molecule has 6 nitrogen and oxygen atoms in total. The molecule has 4 bridgehead atoms. The zero-order valence-corrected chi connectivity index (χ0v) is 17.9. The number of esters is 1. The first-order chi connectivity index (χ1) is 14.9. The van der Waals surface area contributed by atoms with Gasteiger partial charge in [-0.05, 0) is 86.7 Å². The molecule has 0 unspecified atom stereocenters. The molecule has 1 aromatic carbocycles. The molecule has 1 atom stereocenters. The van der Waals surface area contributed by atoms with E-state index in [1.807, 2.05) is 0 Å². The van der Waals surface area contributed by atoms with Crippen LogP contribution in [-0.4, -0.2) is 36.9 Å². The fraction of sp³-hybridized carbons (Fsp3) is 0.667. The van der Waals surface area contributed by atoms with Gasteiger partial charge in [0.15, 0.2) is 0 Å². The van der Waals surface area contributed by atoms with Crippen LogP contribution in [0.15, 0.2) is 12.1 Å². The number of ether oxygens (including phenoxy) is 2. The maximum Gasteiger partial charge on any atom is 0.356 e. The van der Waals surface area contributed by atoms with Gasteiger partial charge in [0.2, 0.25) is 6.23 Å². The molecule has 31 heavy (non-hydrogen) atoms. The highest BCUT2D eigenvalue weighted by molar-refractivity contribution is 5.97. The lowest BCUT2D eigenvalue weighted by molar-refractivity contribution is -0.151. The molecule has 1 aromatic rings. The minimum Gasteiger partial charge on any atom is -0.493 e. The van der Waals surface area contributed by atoms with E-state index >= 15 is 0 Å². The van der Waals surface area contributed by atoms with Crippen LogP contribution in [0.25, 0.3) is 0 Å². The predicted octanol–water partition coefficient (Wildman–Crippen LogP) is 3.52. The molecule has 0 aliphatic heterocycles. The quantitative estimate of drug-likeness (QED) is 0.510. The van der Waals surface area contributed by atoms with Crippen LogP contribution in [0.3, 0.4) is 0 Å². The van der Waals surface area contributed by atoms with Gasteiger partial charge in [-0.2, -0.15) is 0 Å². The highest BCUT2D eigenvalue weighted by Crippen LogP contribution is 2.60. The third kappa shape index (κ3) is 4.04. The van der Waals surface area contributed by atoms with Crippen LogP contribution in [-0.2, 0) is 9.53 Å². The van der Waals surface area contributed by atoms with Gasteiger partial charge in [-0.1, -0.05) is 0 Å². The number of aliphatic hydroxyl groups is 1. The number of aliphatic hydroxyl groups excluding tert-OH is 1. The summed E-state index contributed by atoms with van der Waals surface area (Å²) in [6, 6.07) is 2.81. The van der Waals surface area contributed by atoms with Crippen molar-refractivity contribution in [2.24, 2.45) is 23.2 Å². The maximum absolute atomic E-state index is 14.8. The SMILES string of the molecule is COC(=O)[C@H](O)NC(=O)c1cc(C2CC2)c(OCC23CC4CC(CC(C4)C2)C3)cc1F. The van der Waals surface area contributed by atoms with Crippen LogP contribution in [0.1, 0.15) is 73.2 Å². The number of nitrogens with one attached hydrogen (secondary N) is 1. The van der Waals surface area contributed by atoms with E-state index in [2.05, 4.69) is 10.1 Å².